The quantitative estimate of drug-likeness (QED) is 0.776. The summed E-state index contributed by atoms with van der Waals surface area (Å²) >= 11 is 0. The molecule has 0 aliphatic carbocycles. The van der Waals surface area contributed by atoms with Gasteiger partial charge in [-0.15, -0.1) is 0 Å². The first kappa shape index (κ1) is 19.6. The van der Waals surface area contributed by atoms with Crippen LogP contribution in [-0.2, 0) is 27.8 Å². The highest BCUT2D eigenvalue weighted by molar-refractivity contribution is 7.89. The molecule has 0 saturated carbocycles. The minimum atomic E-state index is -3.54. The lowest BCUT2D eigenvalue weighted by Crippen LogP contribution is -2.36. The van der Waals surface area contributed by atoms with Gasteiger partial charge < -0.3 is 4.90 Å². The lowest BCUT2D eigenvalue weighted by Gasteiger charge is -2.29. The molecule has 0 atom stereocenters. The van der Waals surface area contributed by atoms with Crippen LogP contribution in [0.15, 0.2) is 47.4 Å². The van der Waals surface area contributed by atoms with Gasteiger partial charge in [0.25, 0.3) is 0 Å². The highest BCUT2D eigenvalue weighted by atomic mass is 32.2. The Balaban J connectivity index is 1.48. The number of fused-ring (bicyclic) bond motifs is 1. The van der Waals surface area contributed by atoms with Crippen LogP contribution < -0.4 is 4.72 Å². The summed E-state index contributed by atoms with van der Waals surface area (Å²) in [6.45, 7) is 5.46. The highest BCUT2D eigenvalue weighted by Crippen LogP contribution is 2.19. The summed E-state index contributed by atoms with van der Waals surface area (Å²) < 4.78 is 27.3. The van der Waals surface area contributed by atoms with E-state index in [0.29, 0.717) is 19.4 Å². The molecular formula is C21H26N2O3S. The lowest BCUT2D eigenvalue weighted by atomic mass is 9.99. The van der Waals surface area contributed by atoms with Crippen molar-refractivity contribution in [2.75, 3.05) is 13.1 Å². The van der Waals surface area contributed by atoms with Crippen LogP contribution in [0.5, 0.6) is 0 Å². The normalized spacial score (nSPS) is 14.1. The van der Waals surface area contributed by atoms with Gasteiger partial charge in [0.05, 0.1) is 4.90 Å². The van der Waals surface area contributed by atoms with Crippen LogP contribution in [0.4, 0.5) is 0 Å². The average molecular weight is 387 g/mol. The lowest BCUT2D eigenvalue weighted by molar-refractivity contribution is -0.132. The van der Waals surface area contributed by atoms with E-state index in [1.54, 1.807) is 12.1 Å². The SMILES string of the molecule is Cc1ccc(S(=O)(=O)NCCCC(=O)N2CCc3ccccc3C2)cc1C. The Hall–Kier alpha value is -2.18. The van der Waals surface area contributed by atoms with Gasteiger partial charge in [0.15, 0.2) is 0 Å². The maximum absolute atomic E-state index is 12.4. The first-order valence-electron chi connectivity index (χ1n) is 9.28. The molecule has 0 aromatic heterocycles. The van der Waals surface area contributed by atoms with Gasteiger partial charge in [0.1, 0.15) is 0 Å². The molecule has 1 aliphatic rings. The maximum atomic E-state index is 12.4. The van der Waals surface area contributed by atoms with E-state index in [1.807, 2.05) is 36.9 Å². The Bertz CT molecular complexity index is 938. The number of sulfonamides is 1. The summed E-state index contributed by atoms with van der Waals surface area (Å²) in [6.07, 6.45) is 1.71. The molecule has 0 bridgehead atoms. The topological polar surface area (TPSA) is 66.5 Å². The number of carbonyl (C=O) groups excluding carboxylic acids is 1. The average Bonchev–Trinajstić information content (AvgIpc) is 2.66. The summed E-state index contributed by atoms with van der Waals surface area (Å²) in [6, 6.07) is 13.3. The smallest absolute Gasteiger partial charge is 0.240 e. The number of carbonyl (C=O) groups is 1. The summed E-state index contributed by atoms with van der Waals surface area (Å²) in [5.41, 5.74) is 4.51. The summed E-state index contributed by atoms with van der Waals surface area (Å²) in [5, 5.41) is 0. The second kappa shape index (κ2) is 8.23. The first-order valence-corrected chi connectivity index (χ1v) is 10.8. The van der Waals surface area contributed by atoms with Gasteiger partial charge >= 0.3 is 0 Å². The van der Waals surface area contributed by atoms with Crippen LogP contribution in [0, 0.1) is 13.8 Å². The number of aryl methyl sites for hydroxylation is 2. The van der Waals surface area contributed by atoms with Gasteiger partial charge in [-0.1, -0.05) is 30.3 Å². The van der Waals surface area contributed by atoms with Crippen molar-refractivity contribution in [1.29, 1.82) is 0 Å². The van der Waals surface area contributed by atoms with Gasteiger partial charge in [0, 0.05) is 26.1 Å². The van der Waals surface area contributed by atoms with Crippen molar-refractivity contribution >= 4 is 15.9 Å². The summed E-state index contributed by atoms with van der Waals surface area (Å²) in [4.78, 5) is 14.6. The molecular weight excluding hydrogens is 360 g/mol. The molecule has 144 valence electrons. The van der Waals surface area contributed by atoms with Crippen molar-refractivity contribution in [3.05, 3.63) is 64.7 Å². The monoisotopic (exact) mass is 386 g/mol. The van der Waals surface area contributed by atoms with Gasteiger partial charge in [-0.05, 0) is 61.1 Å². The van der Waals surface area contributed by atoms with Gasteiger partial charge in [0.2, 0.25) is 15.9 Å². The number of amides is 1. The van der Waals surface area contributed by atoms with Crippen molar-refractivity contribution in [1.82, 2.24) is 9.62 Å². The number of rotatable bonds is 6. The third-order valence-electron chi connectivity index (χ3n) is 5.13. The van der Waals surface area contributed by atoms with E-state index < -0.39 is 10.0 Å². The van der Waals surface area contributed by atoms with E-state index >= 15 is 0 Å². The third-order valence-corrected chi connectivity index (χ3v) is 6.59. The number of hydrogen-bond acceptors (Lipinski definition) is 3. The molecule has 0 fully saturated rings. The van der Waals surface area contributed by atoms with Crippen molar-refractivity contribution in [3.63, 3.8) is 0 Å². The maximum Gasteiger partial charge on any atom is 0.240 e. The van der Waals surface area contributed by atoms with E-state index in [0.717, 1.165) is 24.1 Å². The minimum absolute atomic E-state index is 0.0786. The molecule has 27 heavy (non-hydrogen) atoms. The zero-order valence-corrected chi connectivity index (χ0v) is 16.7. The van der Waals surface area contributed by atoms with E-state index in [1.165, 1.54) is 11.1 Å². The van der Waals surface area contributed by atoms with Crippen LogP contribution in [0.2, 0.25) is 0 Å². The van der Waals surface area contributed by atoms with Crippen molar-refractivity contribution < 1.29 is 13.2 Å². The largest absolute Gasteiger partial charge is 0.338 e. The molecule has 3 rings (SSSR count). The van der Waals surface area contributed by atoms with E-state index in [2.05, 4.69) is 16.9 Å². The van der Waals surface area contributed by atoms with Gasteiger partial charge in [-0.2, -0.15) is 0 Å². The van der Waals surface area contributed by atoms with Crippen molar-refractivity contribution in [3.8, 4) is 0 Å². The minimum Gasteiger partial charge on any atom is -0.338 e. The third kappa shape index (κ3) is 4.76. The predicted molar refractivity (Wildman–Crippen MR) is 106 cm³/mol. The Morgan fingerprint density at radius 2 is 1.81 bits per heavy atom. The van der Waals surface area contributed by atoms with Crippen LogP contribution in [0.3, 0.4) is 0 Å². The van der Waals surface area contributed by atoms with Crippen molar-refractivity contribution in [2.24, 2.45) is 0 Å². The molecule has 2 aromatic rings. The van der Waals surface area contributed by atoms with Gasteiger partial charge in [-0.3, -0.25) is 4.79 Å². The molecule has 1 amide bonds. The predicted octanol–water partition coefficient (Wildman–Crippen LogP) is 2.95. The molecule has 0 spiro atoms. The second-order valence-corrected chi connectivity index (χ2v) is 8.85. The number of nitrogens with zero attached hydrogens (tertiary/aromatic N) is 1. The van der Waals surface area contributed by atoms with Crippen molar-refractivity contribution in [2.45, 2.75) is 44.6 Å². The fourth-order valence-corrected chi connectivity index (χ4v) is 4.44. The number of benzene rings is 2. The van der Waals surface area contributed by atoms with Gasteiger partial charge in [-0.25, -0.2) is 13.1 Å². The molecule has 5 nitrogen and oxygen atoms in total. The van der Waals surface area contributed by atoms with E-state index in [-0.39, 0.29) is 17.3 Å². The molecule has 1 N–H and O–H groups in total. The molecule has 0 saturated heterocycles. The van der Waals surface area contributed by atoms with Crippen LogP contribution >= 0.6 is 0 Å². The zero-order chi connectivity index (χ0) is 19.4. The Labute approximate surface area is 161 Å². The standard InChI is InChI=1S/C21H26N2O3S/c1-16-9-10-20(14-17(16)2)27(25,26)22-12-5-8-21(24)23-13-11-18-6-3-4-7-19(18)15-23/h3-4,6-7,9-10,14,22H,5,8,11-13,15H2,1-2H3. The van der Waals surface area contributed by atoms with E-state index in [4.69, 9.17) is 0 Å². The molecule has 1 heterocycles. The molecule has 0 unspecified atom stereocenters. The van der Waals surface area contributed by atoms with E-state index in [9.17, 15) is 13.2 Å². The van der Waals surface area contributed by atoms with Crippen LogP contribution in [0.1, 0.15) is 35.1 Å². The fourth-order valence-electron chi connectivity index (χ4n) is 3.28. The first-order chi connectivity index (χ1) is 12.9. The molecule has 1 aliphatic heterocycles. The number of hydrogen-bond donors (Lipinski definition) is 1. The molecule has 2 aromatic carbocycles. The van der Waals surface area contributed by atoms with Crippen LogP contribution in [0.25, 0.3) is 0 Å². The highest BCUT2D eigenvalue weighted by Gasteiger charge is 2.20. The Kier molecular flexibility index (Phi) is 5.97. The second-order valence-electron chi connectivity index (χ2n) is 7.08. The zero-order valence-electron chi connectivity index (χ0n) is 15.9. The molecule has 0 radical (unpaired) electrons. The summed E-state index contributed by atoms with van der Waals surface area (Å²) in [5.74, 6) is 0.0786. The van der Waals surface area contributed by atoms with Crippen LogP contribution in [-0.4, -0.2) is 32.3 Å². The molecule has 6 heteroatoms. The Morgan fingerprint density at radius 1 is 1.07 bits per heavy atom. The number of nitrogens with one attached hydrogen (secondary N) is 1. The fraction of sp³-hybridized carbons (Fsp3) is 0.381. The summed E-state index contributed by atoms with van der Waals surface area (Å²) in [7, 11) is -3.54. The Morgan fingerprint density at radius 3 is 2.56 bits per heavy atom.